The van der Waals surface area contributed by atoms with Gasteiger partial charge in [0.25, 0.3) is 0 Å². The minimum Gasteiger partial charge on any atom is -0.479 e. The maximum absolute atomic E-state index is 12.0. The van der Waals surface area contributed by atoms with E-state index in [1.54, 1.807) is 0 Å². The second kappa shape index (κ2) is 4.17. The first-order valence-electron chi connectivity index (χ1n) is 5.32. The molecule has 1 heterocycles. The summed E-state index contributed by atoms with van der Waals surface area (Å²) in [7, 11) is 1.47. The van der Waals surface area contributed by atoms with Crippen molar-refractivity contribution in [1.29, 1.82) is 0 Å². The zero-order valence-corrected chi connectivity index (χ0v) is 9.27. The smallest absolute Gasteiger partial charge is 0.243 e. The van der Waals surface area contributed by atoms with Crippen LogP contribution >= 0.6 is 0 Å². The largest absolute Gasteiger partial charge is 0.479 e. The van der Waals surface area contributed by atoms with Crippen molar-refractivity contribution >= 4 is 5.78 Å². The highest BCUT2D eigenvalue weighted by atomic mass is 16.5. The third kappa shape index (κ3) is 2.04. The summed E-state index contributed by atoms with van der Waals surface area (Å²) in [5.74, 6) is 0.183. The molecule has 2 rings (SSSR count). The first-order chi connectivity index (χ1) is 7.64. The molecule has 0 aromatic carbocycles. The third-order valence-electron chi connectivity index (χ3n) is 2.98. The number of rotatable bonds is 4. The van der Waals surface area contributed by atoms with Crippen LogP contribution in [0, 0.1) is 0 Å². The van der Waals surface area contributed by atoms with Crippen molar-refractivity contribution in [3.63, 3.8) is 0 Å². The molecular formula is C11H15N3O2. The highest BCUT2D eigenvalue weighted by Crippen LogP contribution is 2.33. The summed E-state index contributed by atoms with van der Waals surface area (Å²) in [4.78, 5) is 19.9. The van der Waals surface area contributed by atoms with Gasteiger partial charge in [-0.05, 0) is 19.3 Å². The summed E-state index contributed by atoms with van der Waals surface area (Å²) in [5, 5.41) is 0. The number of ether oxygens (including phenoxy) is 1. The molecule has 86 valence electrons. The monoisotopic (exact) mass is 221 g/mol. The van der Waals surface area contributed by atoms with Crippen LogP contribution in [0.15, 0.2) is 12.4 Å². The second-order valence-corrected chi connectivity index (χ2v) is 4.23. The number of carbonyl (C=O) groups excluding carboxylic acids is 1. The molecule has 0 saturated heterocycles. The fourth-order valence-corrected chi connectivity index (χ4v) is 1.88. The minimum atomic E-state index is -0.334. The first-order valence-corrected chi connectivity index (χ1v) is 5.32. The van der Waals surface area contributed by atoms with E-state index in [9.17, 15) is 4.79 Å². The predicted molar refractivity (Wildman–Crippen MR) is 58.3 cm³/mol. The van der Waals surface area contributed by atoms with Gasteiger partial charge in [-0.1, -0.05) is 0 Å². The van der Waals surface area contributed by atoms with Gasteiger partial charge in [0, 0.05) is 24.4 Å². The third-order valence-corrected chi connectivity index (χ3v) is 2.98. The lowest BCUT2D eigenvalue weighted by molar-refractivity contribution is 0.0903. The molecule has 5 heteroatoms. The number of Topliss-reactive ketones (excluding diaryl/α,β-unsaturated/α-hetero) is 1. The van der Waals surface area contributed by atoms with Crippen molar-refractivity contribution in [2.24, 2.45) is 5.73 Å². The fourth-order valence-electron chi connectivity index (χ4n) is 1.88. The maximum Gasteiger partial charge on any atom is 0.243 e. The molecule has 0 atom stereocenters. The lowest BCUT2D eigenvalue weighted by Crippen LogP contribution is -2.48. The van der Waals surface area contributed by atoms with E-state index in [2.05, 4.69) is 9.97 Å². The van der Waals surface area contributed by atoms with E-state index in [1.807, 2.05) is 0 Å². The van der Waals surface area contributed by atoms with Crippen molar-refractivity contribution < 1.29 is 9.53 Å². The molecule has 1 aromatic heterocycles. The predicted octanol–water partition coefficient (Wildman–Crippen LogP) is 0.939. The average Bonchev–Trinajstić information content (AvgIpc) is 2.26. The number of carbonyl (C=O) groups is 1. The molecule has 1 aromatic rings. The van der Waals surface area contributed by atoms with E-state index in [-0.39, 0.29) is 22.9 Å². The molecule has 1 aliphatic rings. The average molecular weight is 221 g/mol. The van der Waals surface area contributed by atoms with Crippen molar-refractivity contribution in [1.82, 2.24) is 9.97 Å². The van der Waals surface area contributed by atoms with Crippen molar-refractivity contribution in [2.75, 3.05) is 7.11 Å². The van der Waals surface area contributed by atoms with Gasteiger partial charge in [-0.15, -0.1) is 0 Å². The molecule has 0 radical (unpaired) electrons. The molecule has 16 heavy (non-hydrogen) atoms. The van der Waals surface area contributed by atoms with E-state index < -0.39 is 0 Å². The van der Waals surface area contributed by atoms with Gasteiger partial charge in [0.2, 0.25) is 5.88 Å². The van der Waals surface area contributed by atoms with Gasteiger partial charge in [0.05, 0.1) is 7.11 Å². The zero-order valence-electron chi connectivity index (χ0n) is 9.27. The number of hydrogen-bond donors (Lipinski definition) is 1. The Hall–Kier alpha value is -1.49. The summed E-state index contributed by atoms with van der Waals surface area (Å²) in [5.41, 5.74) is 5.97. The van der Waals surface area contributed by atoms with Gasteiger partial charge in [0.15, 0.2) is 11.5 Å². The molecule has 1 aliphatic carbocycles. The Balaban J connectivity index is 2.14. The lowest BCUT2D eigenvalue weighted by Gasteiger charge is -2.37. The van der Waals surface area contributed by atoms with Crippen LogP contribution in [0.5, 0.6) is 5.88 Å². The van der Waals surface area contributed by atoms with Gasteiger partial charge in [0.1, 0.15) is 0 Å². The number of nitrogens with two attached hydrogens (primary N) is 1. The summed E-state index contributed by atoms with van der Waals surface area (Å²) >= 11 is 0. The minimum absolute atomic E-state index is 0.0906. The van der Waals surface area contributed by atoms with E-state index in [0.717, 1.165) is 19.3 Å². The van der Waals surface area contributed by atoms with Crippen LogP contribution in [0.1, 0.15) is 36.2 Å². The van der Waals surface area contributed by atoms with Crippen LogP contribution in [0.2, 0.25) is 0 Å². The molecular weight excluding hydrogens is 206 g/mol. The summed E-state index contributed by atoms with van der Waals surface area (Å²) < 4.78 is 5.00. The normalized spacial score (nSPS) is 17.6. The fraction of sp³-hybridized carbons (Fsp3) is 0.545. The molecule has 5 nitrogen and oxygen atoms in total. The molecule has 1 saturated carbocycles. The number of nitrogens with zero attached hydrogens (tertiary/aromatic N) is 2. The van der Waals surface area contributed by atoms with Crippen molar-refractivity contribution in [3.05, 3.63) is 18.1 Å². The quantitative estimate of drug-likeness (QED) is 0.765. The zero-order chi connectivity index (χ0) is 11.6. The van der Waals surface area contributed by atoms with Crippen LogP contribution in [-0.2, 0) is 0 Å². The SMILES string of the molecule is COc1nccnc1C(=O)CC1(N)CCC1. The molecule has 0 bridgehead atoms. The summed E-state index contributed by atoms with van der Waals surface area (Å²) in [6, 6.07) is 0. The van der Waals surface area contributed by atoms with Gasteiger partial charge in [-0.25, -0.2) is 9.97 Å². The van der Waals surface area contributed by atoms with Gasteiger partial charge in [-0.2, -0.15) is 0 Å². The Morgan fingerprint density at radius 1 is 1.50 bits per heavy atom. The Kier molecular flexibility index (Phi) is 2.87. The molecule has 2 N–H and O–H groups in total. The van der Waals surface area contributed by atoms with Crippen molar-refractivity contribution in [3.8, 4) is 5.88 Å². The molecule has 0 amide bonds. The van der Waals surface area contributed by atoms with Gasteiger partial charge >= 0.3 is 0 Å². The van der Waals surface area contributed by atoms with E-state index >= 15 is 0 Å². The second-order valence-electron chi connectivity index (χ2n) is 4.23. The molecule has 0 unspecified atom stereocenters. The van der Waals surface area contributed by atoms with E-state index in [4.69, 9.17) is 10.5 Å². The van der Waals surface area contributed by atoms with Crippen molar-refractivity contribution in [2.45, 2.75) is 31.2 Å². The van der Waals surface area contributed by atoms with Gasteiger partial charge in [-0.3, -0.25) is 4.79 Å². The lowest BCUT2D eigenvalue weighted by atomic mass is 9.74. The number of methoxy groups -OCH3 is 1. The summed E-state index contributed by atoms with van der Waals surface area (Å²) in [6.07, 6.45) is 6.21. The Labute approximate surface area is 94.0 Å². The Bertz CT molecular complexity index is 402. The Morgan fingerprint density at radius 2 is 2.19 bits per heavy atom. The van der Waals surface area contributed by atoms with Crippen LogP contribution in [0.25, 0.3) is 0 Å². The number of ketones is 1. The van der Waals surface area contributed by atoms with Gasteiger partial charge < -0.3 is 10.5 Å². The Morgan fingerprint density at radius 3 is 2.75 bits per heavy atom. The summed E-state index contributed by atoms with van der Waals surface area (Å²) in [6.45, 7) is 0. The van der Waals surface area contributed by atoms with Crippen LogP contribution in [-0.4, -0.2) is 28.4 Å². The molecule has 1 fully saturated rings. The van der Waals surface area contributed by atoms with Crippen LogP contribution in [0.3, 0.4) is 0 Å². The maximum atomic E-state index is 12.0. The highest BCUT2D eigenvalue weighted by Gasteiger charge is 2.35. The number of aromatic nitrogens is 2. The topological polar surface area (TPSA) is 78.1 Å². The highest BCUT2D eigenvalue weighted by molar-refractivity contribution is 5.97. The van der Waals surface area contributed by atoms with Crippen LogP contribution < -0.4 is 10.5 Å². The number of hydrogen-bond acceptors (Lipinski definition) is 5. The standard InChI is InChI=1S/C11H15N3O2/c1-16-10-9(13-5-6-14-10)8(15)7-11(12)3-2-4-11/h5-6H,2-4,7,12H2,1H3. The molecule has 0 spiro atoms. The van der Waals surface area contributed by atoms with E-state index in [0.29, 0.717) is 6.42 Å². The molecule has 0 aliphatic heterocycles. The first kappa shape index (κ1) is 11.0. The van der Waals surface area contributed by atoms with E-state index in [1.165, 1.54) is 19.5 Å². The van der Waals surface area contributed by atoms with Crippen LogP contribution in [0.4, 0.5) is 0 Å².